The first-order valence-electron chi connectivity index (χ1n) is 18.3. The molecule has 5 aromatic heterocycles. The Morgan fingerprint density at radius 3 is 1.59 bits per heavy atom. The van der Waals surface area contributed by atoms with Gasteiger partial charge in [-0.15, -0.1) is 0 Å². The Bertz CT molecular complexity index is 2160. The van der Waals surface area contributed by atoms with Crippen LogP contribution < -0.4 is 24.6 Å². The predicted molar refractivity (Wildman–Crippen MR) is 202 cm³/mol. The molecule has 5 aromatic rings. The van der Waals surface area contributed by atoms with Crippen LogP contribution in [-0.2, 0) is 0 Å². The smallest absolute Gasteiger partial charge is 0.258 e. The lowest BCUT2D eigenvalue weighted by atomic mass is 9.94. The summed E-state index contributed by atoms with van der Waals surface area (Å²) in [6.07, 6.45) is 4.33. The third-order valence-electron chi connectivity index (χ3n) is 9.39. The van der Waals surface area contributed by atoms with Crippen LogP contribution in [0.5, 0.6) is 11.8 Å². The zero-order valence-corrected chi connectivity index (χ0v) is 33.0. The van der Waals surface area contributed by atoms with Crippen LogP contribution in [0.1, 0.15) is 82.9 Å². The number of H-pyrrole nitrogens is 1. The second kappa shape index (κ2) is 17.5. The normalized spacial score (nSPS) is 17.2. The van der Waals surface area contributed by atoms with Crippen LogP contribution in [-0.4, -0.2) is 97.7 Å². The van der Waals surface area contributed by atoms with Gasteiger partial charge in [-0.3, -0.25) is 5.10 Å². The highest BCUT2D eigenvalue weighted by molar-refractivity contribution is 6.28. The second-order valence-corrected chi connectivity index (χ2v) is 14.8. The molecule has 0 bridgehead atoms. The number of hydrogen-bond acceptors (Lipinski definition) is 16. The Morgan fingerprint density at radius 1 is 0.724 bits per heavy atom. The summed E-state index contributed by atoms with van der Waals surface area (Å²) in [6.45, 7) is 10.2. The van der Waals surface area contributed by atoms with E-state index in [0.29, 0.717) is 57.7 Å². The van der Waals surface area contributed by atoms with E-state index in [9.17, 15) is 23.4 Å². The summed E-state index contributed by atoms with van der Waals surface area (Å²) in [4.78, 5) is 35.0. The minimum absolute atomic E-state index is 0.0164. The fourth-order valence-corrected chi connectivity index (χ4v) is 6.10. The number of aryl methyl sites for hydroxylation is 1. The van der Waals surface area contributed by atoms with Gasteiger partial charge in [0.1, 0.15) is 0 Å². The molecule has 7 heterocycles. The van der Waals surface area contributed by atoms with Gasteiger partial charge in [0.05, 0.1) is 36.0 Å². The molecule has 4 N–H and O–H groups in total. The van der Waals surface area contributed by atoms with Crippen LogP contribution in [0.2, 0.25) is 5.28 Å². The van der Waals surface area contributed by atoms with E-state index >= 15 is 4.39 Å². The maximum atomic E-state index is 15.4. The molecule has 0 radical (unpaired) electrons. The first kappa shape index (κ1) is 42.1. The van der Waals surface area contributed by atoms with Crippen molar-refractivity contribution < 1.29 is 37.2 Å². The molecule has 2 atom stereocenters. The molecule has 2 fully saturated rings. The molecule has 0 aliphatic carbocycles. The van der Waals surface area contributed by atoms with Crippen molar-refractivity contribution in [1.82, 2.24) is 50.1 Å². The summed E-state index contributed by atoms with van der Waals surface area (Å²) in [5.74, 6) is -2.34. The number of piperidine rings is 2. The van der Waals surface area contributed by atoms with Crippen molar-refractivity contribution in [1.29, 1.82) is 0 Å². The van der Waals surface area contributed by atoms with Gasteiger partial charge in [-0.1, -0.05) is 0 Å². The van der Waals surface area contributed by atoms with Crippen LogP contribution in [0.25, 0.3) is 0 Å². The van der Waals surface area contributed by atoms with Crippen LogP contribution in [0.4, 0.5) is 41.0 Å². The van der Waals surface area contributed by atoms with Crippen LogP contribution in [0.3, 0.4) is 0 Å². The first-order valence-corrected chi connectivity index (χ1v) is 18.7. The van der Waals surface area contributed by atoms with E-state index in [2.05, 4.69) is 55.4 Å². The van der Waals surface area contributed by atoms with E-state index in [0.717, 1.165) is 30.5 Å². The average Bonchev–Trinajstić information content (AvgIpc) is 3.59. The Balaban J connectivity index is 0.000000200. The molecule has 7 rings (SSSR count). The van der Waals surface area contributed by atoms with Gasteiger partial charge >= 0.3 is 0 Å². The van der Waals surface area contributed by atoms with Crippen molar-refractivity contribution in [2.75, 3.05) is 41.3 Å². The summed E-state index contributed by atoms with van der Waals surface area (Å²) in [7, 11) is 0. The molecule has 22 heteroatoms. The maximum Gasteiger partial charge on any atom is 0.258 e. The highest BCUT2D eigenvalue weighted by atomic mass is 35.5. The molecular weight excluding hydrogens is 790 g/mol. The maximum absolute atomic E-state index is 15.4. The Morgan fingerprint density at radius 2 is 1.16 bits per heavy atom. The van der Waals surface area contributed by atoms with Gasteiger partial charge in [0.2, 0.25) is 22.9 Å². The van der Waals surface area contributed by atoms with Crippen molar-refractivity contribution in [3.8, 4) is 11.8 Å². The van der Waals surface area contributed by atoms with Gasteiger partial charge in [-0.2, -0.15) is 33.8 Å². The number of anilines is 4. The number of rotatable bonds is 10. The number of halogens is 5. The number of aromatic nitrogens is 10. The lowest BCUT2D eigenvalue weighted by Gasteiger charge is -2.36. The van der Waals surface area contributed by atoms with Crippen molar-refractivity contribution in [2.45, 2.75) is 83.7 Å². The molecule has 58 heavy (non-hydrogen) atoms. The number of nitrogens with one attached hydrogen (secondary N) is 2. The fraction of sp³-hybridized carbons (Fsp3) is 0.472. The van der Waals surface area contributed by atoms with Crippen molar-refractivity contribution in [3.05, 3.63) is 76.7 Å². The van der Waals surface area contributed by atoms with Crippen molar-refractivity contribution in [3.63, 3.8) is 0 Å². The minimum Gasteiger partial charge on any atom is -0.464 e. The SMILES string of the molecule is CC(Oc1nc(Cl)nc(N2CCC(C)(O)CC2)c1F)c1ncc(F)cn1.Cc1cc(Nc2nc(OC(C)c3ncc(F)cn3)c(F)c(N3CCC(C)(O)CC3)n2)n[nH]1. The van der Waals surface area contributed by atoms with E-state index in [4.69, 9.17) is 21.1 Å². The van der Waals surface area contributed by atoms with E-state index in [1.807, 2.05) is 6.92 Å². The second-order valence-electron chi connectivity index (χ2n) is 14.5. The number of hydrogen-bond donors (Lipinski definition) is 4. The third kappa shape index (κ3) is 10.7. The van der Waals surface area contributed by atoms with Crippen molar-refractivity contribution >= 4 is 35.0 Å². The Kier molecular flexibility index (Phi) is 12.7. The highest BCUT2D eigenvalue weighted by Crippen LogP contribution is 2.34. The zero-order chi connectivity index (χ0) is 41.8. The monoisotopic (exact) mass is 831 g/mol. The molecule has 2 saturated heterocycles. The van der Waals surface area contributed by atoms with Gasteiger partial charge in [0.15, 0.2) is 52.9 Å². The van der Waals surface area contributed by atoms with Gasteiger partial charge < -0.3 is 34.8 Å². The molecule has 310 valence electrons. The molecule has 0 spiro atoms. The quantitative estimate of drug-likeness (QED) is 0.101. The minimum atomic E-state index is -0.804. The summed E-state index contributed by atoms with van der Waals surface area (Å²) < 4.78 is 67.5. The topological polar surface area (TPSA) is 209 Å². The van der Waals surface area contributed by atoms with Crippen LogP contribution >= 0.6 is 11.6 Å². The molecule has 0 aromatic carbocycles. The summed E-state index contributed by atoms with van der Waals surface area (Å²) in [5.41, 5.74) is -0.759. The first-order chi connectivity index (χ1) is 27.4. The standard InChI is InChI=1S/C20H24F2N8O2.C16H18ClF2N5O2/c1-11-8-14(29-28-11)25-19-26-17(30-6-4-20(3,31)5-7-30)15(22)18(27-19)32-12(2)16-23-9-13(21)10-24-16;1-9(12-20-7-10(18)8-21-12)26-14-11(19)13(22-15(17)23-14)24-5-3-16(2,25)4-6-24/h8-10,12,31H,4-7H2,1-3H3,(H2,25,26,27,28,29);7-9,25H,3-6H2,1-2H3. The largest absolute Gasteiger partial charge is 0.464 e. The molecule has 0 amide bonds. The molecule has 2 aliphatic heterocycles. The lowest BCUT2D eigenvalue weighted by molar-refractivity contribution is 0.0343. The Labute approximate surface area is 335 Å². The van der Waals surface area contributed by atoms with Gasteiger partial charge in [-0.05, 0) is 71.9 Å². The van der Waals surface area contributed by atoms with Gasteiger partial charge in [-0.25, -0.2) is 28.7 Å². The molecule has 17 nitrogen and oxygen atoms in total. The summed E-state index contributed by atoms with van der Waals surface area (Å²) in [6, 6.07) is 1.75. The van der Waals surface area contributed by atoms with Crippen LogP contribution in [0.15, 0.2) is 30.9 Å². The molecule has 0 saturated carbocycles. The summed E-state index contributed by atoms with van der Waals surface area (Å²) in [5, 5.41) is 29.9. The van der Waals surface area contributed by atoms with Gasteiger partial charge in [0, 0.05) is 37.9 Å². The van der Waals surface area contributed by atoms with E-state index in [-0.39, 0.29) is 46.3 Å². The molecular formula is C36H42ClF4N13O4. The van der Waals surface area contributed by atoms with Crippen molar-refractivity contribution in [2.24, 2.45) is 0 Å². The molecule has 2 aliphatic rings. The van der Waals surface area contributed by atoms with E-state index in [1.54, 1.807) is 43.6 Å². The third-order valence-corrected chi connectivity index (χ3v) is 9.56. The lowest BCUT2D eigenvalue weighted by Crippen LogP contribution is -2.43. The average molecular weight is 832 g/mol. The number of ether oxygens (including phenoxy) is 2. The van der Waals surface area contributed by atoms with Crippen LogP contribution in [0, 0.1) is 30.2 Å². The fourth-order valence-electron chi connectivity index (χ4n) is 5.94. The number of nitrogens with zero attached hydrogens (tertiary/aromatic N) is 11. The summed E-state index contributed by atoms with van der Waals surface area (Å²) >= 11 is 5.92. The number of aliphatic hydroxyl groups is 2. The highest BCUT2D eigenvalue weighted by Gasteiger charge is 2.33. The predicted octanol–water partition coefficient (Wildman–Crippen LogP) is 5.50. The van der Waals surface area contributed by atoms with E-state index in [1.165, 1.54) is 0 Å². The zero-order valence-electron chi connectivity index (χ0n) is 32.2. The van der Waals surface area contributed by atoms with E-state index < -0.39 is 46.7 Å². The number of aromatic amines is 1. The molecule has 2 unspecified atom stereocenters. The Hall–Kier alpha value is -5.54. The van der Waals surface area contributed by atoms with Gasteiger partial charge in [0.25, 0.3) is 11.8 Å².